The number of fused-ring (bicyclic) bond motifs is 1. The van der Waals surface area contributed by atoms with Crippen LogP contribution < -0.4 is 11.1 Å². The highest BCUT2D eigenvalue weighted by Gasteiger charge is 2.09. The number of halogens is 1. The molecule has 0 unspecified atom stereocenters. The number of H-pyrrole nitrogens is 1. The number of aromatic nitrogens is 1. The van der Waals surface area contributed by atoms with Crippen LogP contribution in [0.1, 0.15) is 15.4 Å². The fourth-order valence-corrected chi connectivity index (χ4v) is 3.41. The zero-order valence-corrected chi connectivity index (χ0v) is 12.8. The molecule has 3 aromatic rings. The Labute approximate surface area is 128 Å². The molecule has 0 aliphatic carbocycles. The van der Waals surface area contributed by atoms with Gasteiger partial charge in [-0.2, -0.15) is 0 Å². The molecule has 6 heteroatoms. The van der Waals surface area contributed by atoms with Gasteiger partial charge in [-0.05, 0) is 52.3 Å². The molecule has 2 heterocycles. The van der Waals surface area contributed by atoms with Crippen molar-refractivity contribution in [2.45, 2.75) is 6.54 Å². The van der Waals surface area contributed by atoms with Crippen LogP contribution in [-0.2, 0) is 6.54 Å². The molecule has 4 nitrogen and oxygen atoms in total. The fraction of sp³-hybridized carbons (Fsp3) is 0.0714. The van der Waals surface area contributed by atoms with E-state index >= 15 is 0 Å². The normalized spacial score (nSPS) is 10.8. The Balaban J connectivity index is 1.75. The van der Waals surface area contributed by atoms with Gasteiger partial charge in [-0.1, -0.05) is 0 Å². The quantitative estimate of drug-likeness (QED) is 0.633. The lowest BCUT2D eigenvalue weighted by Crippen LogP contribution is -2.22. The standard InChI is InChI=1S/C14H12BrN3OS/c15-13-4-2-10(20-13)7-17-14(19)12-6-8-5-9(16)1-3-11(8)18-12/h1-6,18H,7,16H2,(H,17,19). The van der Waals surface area contributed by atoms with Gasteiger partial charge in [0.2, 0.25) is 0 Å². The lowest BCUT2D eigenvalue weighted by Gasteiger charge is -2.00. The lowest BCUT2D eigenvalue weighted by atomic mass is 10.2. The lowest BCUT2D eigenvalue weighted by molar-refractivity contribution is 0.0947. The molecule has 0 fully saturated rings. The molecule has 0 bridgehead atoms. The predicted molar refractivity (Wildman–Crippen MR) is 85.9 cm³/mol. The summed E-state index contributed by atoms with van der Waals surface area (Å²) in [6.45, 7) is 0.520. The van der Waals surface area contributed by atoms with Crippen LogP contribution in [0.25, 0.3) is 10.9 Å². The van der Waals surface area contributed by atoms with E-state index < -0.39 is 0 Å². The molecular weight excluding hydrogens is 338 g/mol. The maximum absolute atomic E-state index is 12.1. The maximum Gasteiger partial charge on any atom is 0.268 e. The Bertz CT molecular complexity index is 778. The smallest absolute Gasteiger partial charge is 0.268 e. The summed E-state index contributed by atoms with van der Waals surface area (Å²) in [6.07, 6.45) is 0. The van der Waals surface area contributed by atoms with E-state index in [0.717, 1.165) is 19.6 Å². The number of amides is 1. The topological polar surface area (TPSA) is 70.9 Å². The summed E-state index contributed by atoms with van der Waals surface area (Å²) in [6, 6.07) is 11.3. The van der Waals surface area contributed by atoms with Crippen molar-refractivity contribution in [2.75, 3.05) is 5.73 Å². The molecule has 4 N–H and O–H groups in total. The second-order valence-electron chi connectivity index (χ2n) is 4.42. The van der Waals surface area contributed by atoms with E-state index in [1.54, 1.807) is 11.3 Å². The van der Waals surface area contributed by atoms with Crippen LogP contribution in [0.3, 0.4) is 0 Å². The molecule has 2 aromatic heterocycles. The Hall–Kier alpha value is -1.79. The van der Waals surface area contributed by atoms with Gasteiger partial charge in [-0.15, -0.1) is 11.3 Å². The third kappa shape index (κ3) is 2.71. The largest absolute Gasteiger partial charge is 0.399 e. The van der Waals surface area contributed by atoms with Gasteiger partial charge in [0, 0.05) is 21.5 Å². The molecule has 0 aliphatic heterocycles. The minimum Gasteiger partial charge on any atom is -0.399 e. The monoisotopic (exact) mass is 349 g/mol. The summed E-state index contributed by atoms with van der Waals surface area (Å²) >= 11 is 5.01. The van der Waals surface area contributed by atoms with E-state index in [1.807, 2.05) is 36.4 Å². The van der Waals surface area contributed by atoms with Crippen LogP contribution >= 0.6 is 27.3 Å². The van der Waals surface area contributed by atoms with Crippen LogP contribution in [-0.4, -0.2) is 10.9 Å². The van der Waals surface area contributed by atoms with Gasteiger partial charge >= 0.3 is 0 Å². The summed E-state index contributed by atoms with van der Waals surface area (Å²) in [5, 5.41) is 3.83. The van der Waals surface area contributed by atoms with Crippen molar-refractivity contribution in [3.63, 3.8) is 0 Å². The van der Waals surface area contributed by atoms with E-state index in [0.29, 0.717) is 17.9 Å². The number of carbonyl (C=O) groups is 1. The van der Waals surface area contributed by atoms with Crippen molar-refractivity contribution < 1.29 is 4.79 Å². The summed E-state index contributed by atoms with van der Waals surface area (Å²) in [7, 11) is 0. The van der Waals surface area contributed by atoms with E-state index in [4.69, 9.17) is 5.73 Å². The van der Waals surface area contributed by atoms with Crippen molar-refractivity contribution in [2.24, 2.45) is 0 Å². The molecule has 20 heavy (non-hydrogen) atoms. The van der Waals surface area contributed by atoms with Crippen molar-refractivity contribution in [3.05, 3.63) is 50.8 Å². The average Bonchev–Trinajstić information content (AvgIpc) is 3.01. The molecular formula is C14H12BrN3OS. The molecule has 1 aromatic carbocycles. The number of anilines is 1. The first-order valence-corrected chi connectivity index (χ1v) is 7.63. The van der Waals surface area contributed by atoms with E-state index in [9.17, 15) is 4.79 Å². The number of aromatic amines is 1. The van der Waals surface area contributed by atoms with Gasteiger partial charge in [0.15, 0.2) is 0 Å². The van der Waals surface area contributed by atoms with Gasteiger partial charge in [-0.3, -0.25) is 4.79 Å². The molecule has 0 aliphatic rings. The Morgan fingerprint density at radius 3 is 2.90 bits per heavy atom. The van der Waals surface area contributed by atoms with E-state index in [1.165, 1.54) is 0 Å². The molecule has 0 saturated carbocycles. The number of thiophene rings is 1. The van der Waals surface area contributed by atoms with Gasteiger partial charge < -0.3 is 16.0 Å². The highest BCUT2D eigenvalue weighted by molar-refractivity contribution is 9.11. The first-order chi connectivity index (χ1) is 9.61. The van der Waals surface area contributed by atoms with E-state index in [-0.39, 0.29) is 5.91 Å². The Kier molecular flexibility index (Phi) is 3.50. The fourth-order valence-electron chi connectivity index (χ4n) is 1.98. The molecule has 0 radical (unpaired) electrons. The van der Waals surface area contributed by atoms with Crippen LogP contribution in [0.15, 0.2) is 40.2 Å². The minimum atomic E-state index is -0.121. The molecule has 1 amide bonds. The van der Waals surface area contributed by atoms with Crippen LogP contribution in [0.2, 0.25) is 0 Å². The molecule has 0 saturated heterocycles. The van der Waals surface area contributed by atoms with Gasteiger partial charge in [0.1, 0.15) is 5.69 Å². The summed E-state index contributed by atoms with van der Waals surface area (Å²) < 4.78 is 1.06. The molecule has 0 atom stereocenters. The van der Waals surface area contributed by atoms with Crippen LogP contribution in [0.4, 0.5) is 5.69 Å². The van der Waals surface area contributed by atoms with Gasteiger partial charge in [-0.25, -0.2) is 0 Å². The predicted octanol–water partition coefficient (Wildman–Crippen LogP) is 3.50. The van der Waals surface area contributed by atoms with Crippen LogP contribution in [0.5, 0.6) is 0 Å². The van der Waals surface area contributed by atoms with Crippen molar-refractivity contribution in [1.29, 1.82) is 0 Å². The number of nitrogen functional groups attached to an aromatic ring is 1. The average molecular weight is 350 g/mol. The second kappa shape index (κ2) is 5.30. The number of carbonyl (C=O) groups excluding carboxylic acids is 1. The molecule has 102 valence electrons. The third-order valence-electron chi connectivity index (χ3n) is 2.94. The first kappa shape index (κ1) is 13.2. The number of nitrogens with two attached hydrogens (primary N) is 1. The van der Waals surface area contributed by atoms with E-state index in [2.05, 4.69) is 26.2 Å². The summed E-state index contributed by atoms with van der Waals surface area (Å²) in [5.74, 6) is -0.121. The molecule has 0 spiro atoms. The Morgan fingerprint density at radius 1 is 1.30 bits per heavy atom. The number of nitrogens with one attached hydrogen (secondary N) is 2. The summed E-state index contributed by atoms with van der Waals surface area (Å²) in [5.41, 5.74) is 7.86. The maximum atomic E-state index is 12.1. The highest BCUT2D eigenvalue weighted by atomic mass is 79.9. The van der Waals surface area contributed by atoms with Gasteiger partial charge in [0.05, 0.1) is 10.3 Å². The first-order valence-electron chi connectivity index (χ1n) is 6.02. The minimum absolute atomic E-state index is 0.121. The van der Waals surface area contributed by atoms with Crippen LogP contribution in [0, 0.1) is 0 Å². The SMILES string of the molecule is Nc1ccc2[nH]c(C(=O)NCc3ccc(Br)s3)cc2c1. The Morgan fingerprint density at radius 2 is 2.15 bits per heavy atom. The summed E-state index contributed by atoms with van der Waals surface area (Å²) in [4.78, 5) is 16.3. The number of rotatable bonds is 3. The zero-order valence-electron chi connectivity index (χ0n) is 10.4. The number of hydrogen-bond donors (Lipinski definition) is 3. The van der Waals surface area contributed by atoms with Crippen molar-refractivity contribution in [3.8, 4) is 0 Å². The van der Waals surface area contributed by atoms with Crippen molar-refractivity contribution in [1.82, 2.24) is 10.3 Å². The number of benzene rings is 1. The zero-order chi connectivity index (χ0) is 14.1. The van der Waals surface area contributed by atoms with Gasteiger partial charge in [0.25, 0.3) is 5.91 Å². The molecule has 3 rings (SSSR count). The van der Waals surface area contributed by atoms with Crippen molar-refractivity contribution >= 4 is 49.8 Å². The third-order valence-corrected chi connectivity index (χ3v) is 4.57. The second-order valence-corrected chi connectivity index (χ2v) is 6.97. The highest BCUT2D eigenvalue weighted by Crippen LogP contribution is 2.22. The number of hydrogen-bond acceptors (Lipinski definition) is 3.